The van der Waals surface area contributed by atoms with Crippen molar-refractivity contribution < 1.29 is 57.3 Å². The Morgan fingerprint density at radius 1 is 0.620 bits per heavy atom. The van der Waals surface area contributed by atoms with Crippen LogP contribution in [0.5, 0.6) is 0 Å². The molecule has 50 heavy (non-hydrogen) atoms. The number of amides is 6. The van der Waals surface area contributed by atoms with Crippen molar-refractivity contribution in [1.82, 2.24) is 25.5 Å². The first-order valence-electron chi connectivity index (χ1n) is 16.6. The van der Waals surface area contributed by atoms with E-state index in [-0.39, 0.29) is 52.1 Å². The van der Waals surface area contributed by atoms with Gasteiger partial charge in [0.25, 0.3) is 11.8 Å². The number of hydrogen-bond acceptors (Lipinski definition) is 12. The second kappa shape index (κ2) is 18.1. The largest absolute Gasteiger partial charge is 0.444 e. The van der Waals surface area contributed by atoms with E-state index >= 15 is 0 Å². The number of alkyl carbamates (subject to hydrolysis) is 2. The summed E-state index contributed by atoms with van der Waals surface area (Å²) in [6.07, 6.45) is -3.66. The molecule has 0 unspecified atom stereocenters. The fraction of sp³-hybridized carbons (Fsp3) is 0.788. The molecule has 0 aromatic heterocycles. The highest BCUT2D eigenvalue weighted by Gasteiger charge is 2.35. The zero-order valence-electron chi connectivity index (χ0n) is 31.7. The van der Waals surface area contributed by atoms with Gasteiger partial charge in [-0.3, -0.25) is 9.59 Å². The van der Waals surface area contributed by atoms with Crippen LogP contribution in [-0.2, 0) is 38.2 Å². The second-order valence-corrected chi connectivity index (χ2v) is 15.8. The van der Waals surface area contributed by atoms with Gasteiger partial charge in [0.2, 0.25) is 0 Å². The van der Waals surface area contributed by atoms with E-state index in [2.05, 4.69) is 10.6 Å². The second-order valence-electron chi connectivity index (χ2n) is 15.8. The number of nitrogens with zero attached hydrogens (tertiary/aromatic N) is 3. The quantitative estimate of drug-likeness (QED) is 0.205. The van der Waals surface area contributed by atoms with Crippen molar-refractivity contribution in [1.29, 1.82) is 0 Å². The predicted octanol–water partition coefficient (Wildman–Crippen LogP) is 4.12. The van der Waals surface area contributed by atoms with E-state index in [0.29, 0.717) is 5.06 Å². The van der Waals surface area contributed by atoms with E-state index in [1.165, 1.54) is 9.80 Å². The lowest BCUT2D eigenvalue weighted by molar-refractivity contribution is -0.198. The molecule has 0 radical (unpaired) electrons. The Morgan fingerprint density at radius 2 is 0.960 bits per heavy atom. The molecule has 2 N–H and O–H groups in total. The van der Waals surface area contributed by atoms with Gasteiger partial charge < -0.3 is 44.2 Å². The normalized spacial score (nSPS) is 13.8. The third-order valence-electron chi connectivity index (χ3n) is 6.01. The monoisotopic (exact) mass is 715 g/mol. The molecule has 1 saturated heterocycles. The van der Waals surface area contributed by atoms with Crippen LogP contribution in [0.3, 0.4) is 0 Å². The van der Waals surface area contributed by atoms with Crippen molar-refractivity contribution in [2.75, 3.05) is 39.3 Å². The number of nitrogens with one attached hydrogen (secondary N) is 2. The van der Waals surface area contributed by atoms with Crippen LogP contribution in [0.4, 0.5) is 19.2 Å². The molecule has 17 nitrogen and oxygen atoms in total. The molecule has 0 spiro atoms. The van der Waals surface area contributed by atoms with E-state index in [1.807, 2.05) is 0 Å². The van der Waals surface area contributed by atoms with Crippen LogP contribution in [0, 0.1) is 5.92 Å². The summed E-state index contributed by atoms with van der Waals surface area (Å²) in [5.74, 6) is -3.21. The smallest absolute Gasteiger partial charge is 0.410 e. The lowest BCUT2D eigenvalue weighted by Gasteiger charge is -2.33. The molecular formula is C33H57N5O12. The average molecular weight is 716 g/mol. The SMILES string of the molecule is CC(C)(C)OC(=O)NCCN(CC(CC(=O)ON1C(=O)CCC1=O)CN(CCNC(=O)OC(C)(C)C)C(=O)OC(C)(C)C)C(=O)OC(C)(C)C. The lowest BCUT2D eigenvalue weighted by Crippen LogP contribution is -2.48. The van der Waals surface area contributed by atoms with Gasteiger partial charge in [-0.05, 0) is 83.1 Å². The number of rotatable bonds is 13. The van der Waals surface area contributed by atoms with Gasteiger partial charge in [-0.25, -0.2) is 24.0 Å². The minimum absolute atomic E-state index is 0.0578. The van der Waals surface area contributed by atoms with Gasteiger partial charge in [0.15, 0.2) is 0 Å². The fourth-order valence-corrected chi connectivity index (χ4v) is 4.22. The molecule has 1 aliphatic heterocycles. The number of hydroxylamine groups is 2. The maximum atomic E-state index is 13.4. The first-order valence-corrected chi connectivity index (χ1v) is 16.6. The van der Waals surface area contributed by atoms with Crippen LogP contribution in [0.25, 0.3) is 0 Å². The molecule has 0 bridgehead atoms. The van der Waals surface area contributed by atoms with E-state index in [0.717, 1.165) is 0 Å². The Hall–Kier alpha value is -4.31. The number of carbonyl (C=O) groups is 7. The third kappa shape index (κ3) is 19.0. The van der Waals surface area contributed by atoms with Crippen molar-refractivity contribution in [3.63, 3.8) is 0 Å². The third-order valence-corrected chi connectivity index (χ3v) is 6.01. The first kappa shape index (κ1) is 43.7. The fourth-order valence-electron chi connectivity index (χ4n) is 4.22. The van der Waals surface area contributed by atoms with Crippen LogP contribution in [0.15, 0.2) is 0 Å². The number of imide groups is 1. The molecule has 0 atom stereocenters. The van der Waals surface area contributed by atoms with Gasteiger partial charge in [-0.2, -0.15) is 0 Å². The maximum absolute atomic E-state index is 13.4. The predicted molar refractivity (Wildman–Crippen MR) is 179 cm³/mol. The van der Waals surface area contributed by atoms with Crippen molar-refractivity contribution in [3.05, 3.63) is 0 Å². The van der Waals surface area contributed by atoms with Gasteiger partial charge in [0.1, 0.15) is 22.4 Å². The van der Waals surface area contributed by atoms with Crippen LogP contribution in [0.2, 0.25) is 0 Å². The van der Waals surface area contributed by atoms with Gasteiger partial charge in [0.05, 0.1) is 6.42 Å². The Balaban J connectivity index is 3.38. The molecule has 6 amide bonds. The van der Waals surface area contributed by atoms with Crippen LogP contribution in [0.1, 0.15) is 102 Å². The van der Waals surface area contributed by atoms with Crippen LogP contribution < -0.4 is 10.6 Å². The Morgan fingerprint density at radius 3 is 1.28 bits per heavy atom. The van der Waals surface area contributed by atoms with E-state index in [4.69, 9.17) is 23.8 Å². The Labute approximate surface area is 294 Å². The molecule has 1 heterocycles. The van der Waals surface area contributed by atoms with Crippen molar-refractivity contribution in [3.8, 4) is 0 Å². The summed E-state index contributed by atoms with van der Waals surface area (Å²) in [6, 6.07) is 0. The van der Waals surface area contributed by atoms with Gasteiger partial charge in [-0.15, -0.1) is 5.06 Å². The highest BCUT2D eigenvalue weighted by molar-refractivity contribution is 6.01. The molecule has 0 aromatic carbocycles. The summed E-state index contributed by atoms with van der Waals surface area (Å²) < 4.78 is 21.7. The zero-order chi connectivity index (χ0) is 38.7. The average Bonchev–Trinajstić information content (AvgIpc) is 3.19. The maximum Gasteiger partial charge on any atom is 0.410 e. The number of hydrogen-bond donors (Lipinski definition) is 2. The number of ether oxygens (including phenoxy) is 4. The standard InChI is InChI=1S/C33H57N5O12/c1-30(2,3)46-26(42)34-15-17-36(28(44)48-32(7,8)9)20-22(19-25(41)50-38-23(39)13-14-24(38)40)21-37(29(45)49-33(10,11)12)18-16-35-27(43)47-31(4,5)6/h22H,13-21H2,1-12H3,(H,34,42)(H,35,43). The molecule has 0 aromatic rings. The lowest BCUT2D eigenvalue weighted by atomic mass is 10.0. The van der Waals surface area contributed by atoms with Gasteiger partial charge in [-0.1, -0.05) is 0 Å². The molecule has 0 aliphatic carbocycles. The highest BCUT2D eigenvalue weighted by atomic mass is 16.7. The molecule has 0 saturated carbocycles. The van der Waals surface area contributed by atoms with E-state index in [9.17, 15) is 33.6 Å². The van der Waals surface area contributed by atoms with Crippen molar-refractivity contribution in [2.24, 2.45) is 5.92 Å². The van der Waals surface area contributed by atoms with E-state index < -0.39 is 76.9 Å². The van der Waals surface area contributed by atoms with Crippen molar-refractivity contribution >= 4 is 42.2 Å². The van der Waals surface area contributed by atoms with Gasteiger partial charge >= 0.3 is 30.3 Å². The Bertz CT molecular complexity index is 1140. The zero-order valence-corrected chi connectivity index (χ0v) is 31.7. The van der Waals surface area contributed by atoms with Crippen molar-refractivity contribution in [2.45, 2.75) is 125 Å². The minimum Gasteiger partial charge on any atom is -0.444 e. The minimum atomic E-state index is -0.967. The molecular weight excluding hydrogens is 658 g/mol. The van der Waals surface area contributed by atoms with E-state index in [1.54, 1.807) is 83.1 Å². The number of carbonyl (C=O) groups excluding carboxylic acids is 7. The first-order chi connectivity index (χ1) is 22.6. The van der Waals surface area contributed by atoms with Crippen LogP contribution in [-0.4, -0.2) is 119 Å². The Kier molecular flexibility index (Phi) is 15.8. The summed E-state index contributed by atoms with van der Waals surface area (Å²) in [6.45, 7) is 19.5. The summed E-state index contributed by atoms with van der Waals surface area (Å²) in [5.41, 5.74) is -3.34. The summed E-state index contributed by atoms with van der Waals surface area (Å²) in [4.78, 5) is 96.4. The summed E-state index contributed by atoms with van der Waals surface area (Å²) in [7, 11) is 0. The highest BCUT2D eigenvalue weighted by Crippen LogP contribution is 2.19. The van der Waals surface area contributed by atoms with Crippen LogP contribution >= 0.6 is 0 Å². The van der Waals surface area contributed by atoms with Gasteiger partial charge in [0, 0.05) is 58.0 Å². The molecule has 1 rings (SSSR count). The molecule has 286 valence electrons. The molecule has 1 fully saturated rings. The molecule has 17 heteroatoms. The summed E-state index contributed by atoms with van der Waals surface area (Å²) >= 11 is 0. The topological polar surface area (TPSA) is 199 Å². The summed E-state index contributed by atoms with van der Waals surface area (Å²) in [5, 5.41) is 5.57. The molecule has 1 aliphatic rings.